The van der Waals surface area contributed by atoms with E-state index in [2.05, 4.69) is 15.9 Å². The number of benzene rings is 2. The molecule has 0 saturated carbocycles. The summed E-state index contributed by atoms with van der Waals surface area (Å²) in [5.74, 6) is 0.378. The Morgan fingerprint density at radius 1 is 1.26 bits per heavy atom. The van der Waals surface area contributed by atoms with Crippen molar-refractivity contribution in [3.05, 3.63) is 62.6 Å². The molecule has 0 saturated heterocycles. The third-order valence-electron chi connectivity index (χ3n) is 3.59. The van der Waals surface area contributed by atoms with Crippen molar-refractivity contribution >= 4 is 33.2 Å². The highest BCUT2D eigenvalue weighted by Gasteiger charge is 2.26. The van der Waals surface area contributed by atoms with E-state index in [9.17, 15) is 14.9 Å². The molecule has 118 valence electrons. The third kappa shape index (κ3) is 3.34. The number of nitrogens with zero attached hydrogens (tertiary/aromatic N) is 2. The molecule has 6 nitrogen and oxygen atoms in total. The van der Waals surface area contributed by atoms with Gasteiger partial charge in [-0.1, -0.05) is 28.1 Å². The second-order valence-electron chi connectivity index (χ2n) is 5.11. The Morgan fingerprint density at radius 3 is 2.70 bits per heavy atom. The highest BCUT2D eigenvalue weighted by atomic mass is 79.9. The lowest BCUT2D eigenvalue weighted by Crippen LogP contribution is -2.38. The van der Waals surface area contributed by atoms with Gasteiger partial charge in [0.1, 0.15) is 12.4 Å². The molecule has 2 aromatic rings. The Labute approximate surface area is 140 Å². The molecule has 1 heterocycles. The van der Waals surface area contributed by atoms with E-state index in [0.717, 1.165) is 10.0 Å². The van der Waals surface area contributed by atoms with Gasteiger partial charge in [-0.15, -0.1) is 0 Å². The number of anilines is 1. The molecule has 3 rings (SSSR count). The number of carbonyl (C=O) groups excluding carboxylic acids is 1. The van der Waals surface area contributed by atoms with Crippen molar-refractivity contribution in [2.24, 2.45) is 0 Å². The summed E-state index contributed by atoms with van der Waals surface area (Å²) >= 11 is 3.36. The molecule has 0 aromatic heterocycles. The molecule has 1 aliphatic heterocycles. The normalized spacial score (nSPS) is 13.2. The Balaban J connectivity index is 1.86. The molecular weight excluding hydrogens is 364 g/mol. The first-order valence-corrected chi connectivity index (χ1v) is 7.80. The van der Waals surface area contributed by atoms with E-state index in [4.69, 9.17) is 4.74 Å². The van der Waals surface area contributed by atoms with Gasteiger partial charge in [-0.05, 0) is 23.8 Å². The monoisotopic (exact) mass is 376 g/mol. The highest BCUT2D eigenvalue weighted by Crippen LogP contribution is 2.35. The van der Waals surface area contributed by atoms with E-state index in [0.29, 0.717) is 24.6 Å². The second kappa shape index (κ2) is 6.37. The molecule has 7 heteroatoms. The van der Waals surface area contributed by atoms with Crippen molar-refractivity contribution in [2.75, 3.05) is 18.1 Å². The SMILES string of the molecule is O=C(Cc1ccc(Br)cc1)N1CCOc2ccc([N+](=O)[O-])cc21. The largest absolute Gasteiger partial charge is 0.490 e. The summed E-state index contributed by atoms with van der Waals surface area (Å²) in [6.07, 6.45) is 0.232. The maximum atomic E-state index is 12.6. The van der Waals surface area contributed by atoms with E-state index >= 15 is 0 Å². The first-order valence-electron chi connectivity index (χ1n) is 7.00. The molecular formula is C16H13BrN2O4. The minimum Gasteiger partial charge on any atom is -0.490 e. The minimum atomic E-state index is -0.480. The maximum absolute atomic E-state index is 12.6. The van der Waals surface area contributed by atoms with Gasteiger partial charge in [0.05, 0.1) is 23.6 Å². The second-order valence-corrected chi connectivity index (χ2v) is 6.02. The predicted octanol–water partition coefficient (Wildman–Crippen LogP) is 3.33. The van der Waals surface area contributed by atoms with Gasteiger partial charge in [0.2, 0.25) is 5.91 Å². The van der Waals surface area contributed by atoms with Crippen LogP contribution in [-0.4, -0.2) is 24.0 Å². The van der Waals surface area contributed by atoms with Gasteiger partial charge in [0.25, 0.3) is 5.69 Å². The first-order chi connectivity index (χ1) is 11.0. The average Bonchev–Trinajstić information content (AvgIpc) is 2.55. The summed E-state index contributed by atoms with van der Waals surface area (Å²) in [7, 11) is 0. The number of nitro benzene ring substituents is 1. The van der Waals surface area contributed by atoms with Crippen LogP contribution in [0.5, 0.6) is 5.75 Å². The van der Waals surface area contributed by atoms with Crippen LogP contribution in [0.2, 0.25) is 0 Å². The molecule has 1 amide bonds. The molecule has 0 unspecified atom stereocenters. The molecule has 0 aliphatic carbocycles. The van der Waals surface area contributed by atoms with Crippen LogP contribution in [0.1, 0.15) is 5.56 Å². The van der Waals surface area contributed by atoms with Gasteiger partial charge in [-0.2, -0.15) is 0 Å². The molecule has 23 heavy (non-hydrogen) atoms. The van der Waals surface area contributed by atoms with Crippen molar-refractivity contribution in [1.82, 2.24) is 0 Å². The number of amides is 1. The lowest BCUT2D eigenvalue weighted by molar-refractivity contribution is -0.384. The summed E-state index contributed by atoms with van der Waals surface area (Å²) in [6.45, 7) is 0.750. The number of rotatable bonds is 3. The fraction of sp³-hybridized carbons (Fsp3) is 0.188. The predicted molar refractivity (Wildman–Crippen MR) is 88.8 cm³/mol. The van der Waals surface area contributed by atoms with Crippen LogP contribution in [0.25, 0.3) is 0 Å². The van der Waals surface area contributed by atoms with Gasteiger partial charge < -0.3 is 9.64 Å². The number of halogens is 1. The van der Waals surface area contributed by atoms with E-state index in [1.165, 1.54) is 18.2 Å². The van der Waals surface area contributed by atoms with Crippen LogP contribution in [0.15, 0.2) is 46.9 Å². The fourth-order valence-electron chi connectivity index (χ4n) is 2.45. The van der Waals surface area contributed by atoms with Gasteiger partial charge in [0, 0.05) is 16.6 Å². The quantitative estimate of drug-likeness (QED) is 0.608. The van der Waals surface area contributed by atoms with Crippen molar-refractivity contribution in [2.45, 2.75) is 6.42 Å². The summed E-state index contributed by atoms with van der Waals surface area (Å²) in [5.41, 5.74) is 1.28. The molecule has 1 aliphatic rings. The minimum absolute atomic E-state index is 0.0595. The smallest absolute Gasteiger partial charge is 0.271 e. The number of non-ortho nitro benzene ring substituents is 1. The Kier molecular flexibility index (Phi) is 4.29. The molecule has 0 N–H and O–H groups in total. The zero-order valence-electron chi connectivity index (χ0n) is 12.1. The fourth-order valence-corrected chi connectivity index (χ4v) is 2.72. The van der Waals surface area contributed by atoms with Crippen LogP contribution in [-0.2, 0) is 11.2 Å². The van der Waals surface area contributed by atoms with E-state index in [1.54, 1.807) is 4.90 Å². The molecule has 0 spiro atoms. The maximum Gasteiger partial charge on any atom is 0.271 e. The zero-order valence-corrected chi connectivity index (χ0v) is 13.7. The summed E-state index contributed by atoms with van der Waals surface area (Å²) < 4.78 is 6.43. The number of nitro groups is 1. The van der Waals surface area contributed by atoms with E-state index in [1.807, 2.05) is 24.3 Å². The highest BCUT2D eigenvalue weighted by molar-refractivity contribution is 9.10. The summed E-state index contributed by atoms with van der Waals surface area (Å²) in [5, 5.41) is 10.9. The molecule has 2 aromatic carbocycles. The van der Waals surface area contributed by atoms with Crippen molar-refractivity contribution in [3.8, 4) is 5.75 Å². The lowest BCUT2D eigenvalue weighted by Gasteiger charge is -2.29. The van der Waals surface area contributed by atoms with Crippen LogP contribution in [0, 0.1) is 10.1 Å². The van der Waals surface area contributed by atoms with E-state index < -0.39 is 4.92 Å². The molecule has 0 radical (unpaired) electrons. The zero-order chi connectivity index (χ0) is 16.4. The summed E-state index contributed by atoms with van der Waals surface area (Å²) in [6, 6.07) is 11.8. The van der Waals surface area contributed by atoms with Crippen molar-refractivity contribution in [1.29, 1.82) is 0 Å². The summed E-state index contributed by atoms with van der Waals surface area (Å²) in [4.78, 5) is 24.6. The van der Waals surface area contributed by atoms with Gasteiger partial charge >= 0.3 is 0 Å². The van der Waals surface area contributed by atoms with Crippen LogP contribution < -0.4 is 9.64 Å². The van der Waals surface area contributed by atoms with E-state index in [-0.39, 0.29) is 18.0 Å². The Hall–Kier alpha value is -2.41. The number of hydrogen-bond donors (Lipinski definition) is 0. The van der Waals surface area contributed by atoms with Gasteiger partial charge in [-0.3, -0.25) is 14.9 Å². The van der Waals surface area contributed by atoms with Crippen LogP contribution in [0.4, 0.5) is 11.4 Å². The number of carbonyl (C=O) groups is 1. The molecule has 0 fully saturated rings. The first kappa shape index (κ1) is 15.5. The number of hydrogen-bond acceptors (Lipinski definition) is 4. The third-order valence-corrected chi connectivity index (χ3v) is 4.11. The standard InChI is InChI=1S/C16H13BrN2O4/c17-12-3-1-11(2-4-12)9-16(20)18-7-8-23-15-6-5-13(19(21)22)10-14(15)18/h1-6,10H,7-9H2. The number of ether oxygens (including phenoxy) is 1. The van der Waals surface area contributed by atoms with Crippen LogP contribution in [0.3, 0.4) is 0 Å². The average molecular weight is 377 g/mol. The molecule has 0 atom stereocenters. The Bertz CT molecular complexity index is 761. The van der Waals surface area contributed by atoms with Crippen molar-refractivity contribution in [3.63, 3.8) is 0 Å². The number of fused-ring (bicyclic) bond motifs is 1. The van der Waals surface area contributed by atoms with Gasteiger partial charge in [-0.25, -0.2) is 0 Å². The Morgan fingerprint density at radius 2 is 2.00 bits per heavy atom. The van der Waals surface area contributed by atoms with Crippen LogP contribution >= 0.6 is 15.9 Å². The topological polar surface area (TPSA) is 72.7 Å². The van der Waals surface area contributed by atoms with Gasteiger partial charge in [0.15, 0.2) is 0 Å². The van der Waals surface area contributed by atoms with Crippen molar-refractivity contribution < 1.29 is 14.5 Å². The molecule has 0 bridgehead atoms. The lowest BCUT2D eigenvalue weighted by atomic mass is 10.1.